The highest BCUT2D eigenvalue weighted by Crippen LogP contribution is 2.29. The van der Waals surface area contributed by atoms with Crippen LogP contribution in [0.5, 0.6) is 0 Å². The van der Waals surface area contributed by atoms with E-state index >= 15 is 0 Å². The van der Waals surface area contributed by atoms with Crippen molar-refractivity contribution >= 4 is 5.69 Å². The van der Waals surface area contributed by atoms with Crippen LogP contribution in [0.15, 0.2) is 18.2 Å². The van der Waals surface area contributed by atoms with Crippen LogP contribution in [0.3, 0.4) is 0 Å². The molecule has 0 aliphatic heterocycles. The first-order valence-electron chi connectivity index (χ1n) is 6.05. The van der Waals surface area contributed by atoms with Crippen molar-refractivity contribution in [3.63, 3.8) is 0 Å². The quantitative estimate of drug-likeness (QED) is 0.840. The predicted molar refractivity (Wildman–Crippen MR) is 65.0 cm³/mol. The van der Waals surface area contributed by atoms with Crippen LogP contribution in [-0.2, 0) is 6.54 Å². The van der Waals surface area contributed by atoms with E-state index in [0.29, 0.717) is 23.0 Å². The zero-order valence-electron chi connectivity index (χ0n) is 9.88. The summed E-state index contributed by atoms with van der Waals surface area (Å²) in [4.78, 5) is 0. The second-order valence-corrected chi connectivity index (χ2v) is 4.72. The molecule has 6 heteroatoms. The van der Waals surface area contributed by atoms with E-state index < -0.39 is 0 Å². The molecule has 2 aromatic rings. The van der Waals surface area contributed by atoms with Crippen LogP contribution in [0.25, 0.3) is 11.4 Å². The number of nitrogen functional groups attached to an aromatic ring is 1. The van der Waals surface area contributed by atoms with E-state index in [1.165, 1.54) is 31.4 Å². The van der Waals surface area contributed by atoms with Crippen molar-refractivity contribution < 1.29 is 4.39 Å². The summed E-state index contributed by atoms with van der Waals surface area (Å²) in [5, 5.41) is 11.5. The van der Waals surface area contributed by atoms with Gasteiger partial charge >= 0.3 is 0 Å². The minimum Gasteiger partial charge on any atom is -0.399 e. The molecule has 1 aliphatic rings. The summed E-state index contributed by atoms with van der Waals surface area (Å²) in [6.45, 7) is 0.747. The SMILES string of the molecule is Nc1ccc(F)c(-c2nnnn2CC2CCC2)c1. The van der Waals surface area contributed by atoms with Gasteiger partial charge in [-0.15, -0.1) is 5.10 Å². The van der Waals surface area contributed by atoms with Gasteiger partial charge in [0.2, 0.25) is 0 Å². The number of nitrogens with two attached hydrogens (primary N) is 1. The first-order valence-corrected chi connectivity index (χ1v) is 6.05. The van der Waals surface area contributed by atoms with Crippen LogP contribution in [0, 0.1) is 11.7 Å². The molecule has 1 aromatic carbocycles. The maximum Gasteiger partial charge on any atom is 0.185 e. The number of aromatic nitrogens is 4. The van der Waals surface area contributed by atoms with Crippen LogP contribution in [0.1, 0.15) is 19.3 Å². The van der Waals surface area contributed by atoms with Crippen molar-refractivity contribution in [2.24, 2.45) is 5.92 Å². The van der Waals surface area contributed by atoms with Gasteiger partial charge in [0.05, 0.1) is 5.56 Å². The number of rotatable bonds is 3. The summed E-state index contributed by atoms with van der Waals surface area (Å²) in [6, 6.07) is 4.43. The van der Waals surface area contributed by atoms with E-state index in [-0.39, 0.29) is 5.82 Å². The van der Waals surface area contributed by atoms with Crippen LogP contribution < -0.4 is 5.73 Å². The Balaban J connectivity index is 1.95. The smallest absolute Gasteiger partial charge is 0.185 e. The van der Waals surface area contributed by atoms with Crippen molar-refractivity contribution in [2.45, 2.75) is 25.8 Å². The summed E-state index contributed by atoms with van der Waals surface area (Å²) in [5.41, 5.74) is 6.54. The average Bonchev–Trinajstić information content (AvgIpc) is 2.75. The lowest BCUT2D eigenvalue weighted by atomic mass is 9.85. The van der Waals surface area contributed by atoms with Crippen molar-refractivity contribution in [3.05, 3.63) is 24.0 Å². The van der Waals surface area contributed by atoms with Crippen LogP contribution in [0.4, 0.5) is 10.1 Å². The Morgan fingerprint density at radius 1 is 1.39 bits per heavy atom. The van der Waals surface area contributed by atoms with Gasteiger partial charge in [-0.3, -0.25) is 0 Å². The maximum atomic E-state index is 13.8. The lowest BCUT2D eigenvalue weighted by Crippen LogP contribution is -2.19. The van der Waals surface area contributed by atoms with E-state index in [0.717, 1.165) is 6.54 Å². The molecule has 0 saturated heterocycles. The van der Waals surface area contributed by atoms with Crippen molar-refractivity contribution in [3.8, 4) is 11.4 Å². The van der Waals surface area contributed by atoms with Gasteiger partial charge in [0.1, 0.15) is 5.82 Å². The Labute approximate surface area is 104 Å². The molecule has 1 saturated carbocycles. The first-order chi connectivity index (χ1) is 8.74. The van der Waals surface area contributed by atoms with Gasteiger partial charge in [0.25, 0.3) is 0 Å². The molecule has 1 fully saturated rings. The molecule has 18 heavy (non-hydrogen) atoms. The Morgan fingerprint density at radius 3 is 2.94 bits per heavy atom. The number of nitrogens with zero attached hydrogens (tertiary/aromatic N) is 4. The molecule has 0 unspecified atom stereocenters. The van der Waals surface area contributed by atoms with Gasteiger partial charge in [-0.25, -0.2) is 9.07 Å². The molecule has 0 spiro atoms. The number of hydrogen-bond acceptors (Lipinski definition) is 4. The van der Waals surface area contributed by atoms with E-state index in [9.17, 15) is 4.39 Å². The molecule has 1 aliphatic carbocycles. The lowest BCUT2D eigenvalue weighted by Gasteiger charge is -2.25. The van der Waals surface area contributed by atoms with E-state index in [4.69, 9.17) is 5.73 Å². The molecule has 0 radical (unpaired) electrons. The lowest BCUT2D eigenvalue weighted by molar-refractivity contribution is 0.265. The highest BCUT2D eigenvalue weighted by Gasteiger charge is 2.21. The van der Waals surface area contributed by atoms with Gasteiger partial charge in [0.15, 0.2) is 5.82 Å². The molecule has 3 rings (SSSR count). The fraction of sp³-hybridized carbons (Fsp3) is 0.417. The minimum absolute atomic E-state index is 0.353. The van der Waals surface area contributed by atoms with Crippen LogP contribution in [0.2, 0.25) is 0 Å². The van der Waals surface area contributed by atoms with Crippen molar-refractivity contribution in [1.82, 2.24) is 20.2 Å². The second kappa shape index (κ2) is 4.36. The molecular weight excluding hydrogens is 233 g/mol. The zero-order chi connectivity index (χ0) is 12.5. The Morgan fingerprint density at radius 2 is 2.22 bits per heavy atom. The monoisotopic (exact) mass is 247 g/mol. The number of halogens is 1. The maximum absolute atomic E-state index is 13.8. The first kappa shape index (κ1) is 11.1. The fourth-order valence-electron chi connectivity index (χ4n) is 2.15. The Hall–Kier alpha value is -1.98. The third-order valence-electron chi connectivity index (χ3n) is 3.42. The third-order valence-corrected chi connectivity index (χ3v) is 3.42. The van der Waals surface area contributed by atoms with E-state index in [1.807, 2.05) is 0 Å². The molecular formula is C12H14FN5. The summed E-state index contributed by atoms with van der Waals surface area (Å²) in [6.07, 6.45) is 3.65. The molecule has 0 bridgehead atoms. The number of hydrogen-bond donors (Lipinski definition) is 1. The molecule has 5 nitrogen and oxygen atoms in total. The topological polar surface area (TPSA) is 69.6 Å². The summed E-state index contributed by atoms with van der Waals surface area (Å²) < 4.78 is 15.5. The summed E-state index contributed by atoms with van der Waals surface area (Å²) >= 11 is 0. The standard InChI is InChI=1S/C12H14FN5/c13-11-5-4-9(14)6-10(11)12-15-16-17-18(12)7-8-2-1-3-8/h4-6,8H,1-3,7,14H2. The van der Waals surface area contributed by atoms with E-state index in [2.05, 4.69) is 15.5 Å². The van der Waals surface area contributed by atoms with Crippen LogP contribution in [-0.4, -0.2) is 20.2 Å². The largest absolute Gasteiger partial charge is 0.399 e. The number of anilines is 1. The molecule has 1 aromatic heterocycles. The molecule has 0 atom stereocenters. The average molecular weight is 247 g/mol. The predicted octanol–water partition coefficient (Wildman–Crippen LogP) is 1.86. The van der Waals surface area contributed by atoms with Crippen molar-refractivity contribution in [2.75, 3.05) is 5.73 Å². The summed E-state index contributed by atoms with van der Waals surface area (Å²) in [5.74, 6) is 0.705. The highest BCUT2D eigenvalue weighted by atomic mass is 19.1. The highest BCUT2D eigenvalue weighted by molar-refractivity contribution is 5.61. The van der Waals surface area contributed by atoms with Gasteiger partial charge in [-0.2, -0.15) is 0 Å². The molecule has 1 heterocycles. The Kier molecular flexibility index (Phi) is 2.70. The number of tetrazole rings is 1. The van der Waals surface area contributed by atoms with Gasteiger partial charge in [0, 0.05) is 12.2 Å². The van der Waals surface area contributed by atoms with Gasteiger partial charge in [-0.1, -0.05) is 6.42 Å². The normalized spacial score (nSPS) is 15.6. The van der Waals surface area contributed by atoms with Gasteiger partial charge < -0.3 is 5.73 Å². The number of benzene rings is 1. The summed E-state index contributed by atoms with van der Waals surface area (Å²) in [7, 11) is 0. The van der Waals surface area contributed by atoms with Crippen molar-refractivity contribution in [1.29, 1.82) is 0 Å². The minimum atomic E-state index is -0.353. The zero-order valence-corrected chi connectivity index (χ0v) is 9.88. The molecule has 94 valence electrons. The Bertz CT molecular complexity index is 561. The van der Waals surface area contributed by atoms with E-state index in [1.54, 1.807) is 10.7 Å². The molecule has 0 amide bonds. The molecule has 2 N–H and O–H groups in total. The third kappa shape index (κ3) is 1.94. The van der Waals surface area contributed by atoms with Crippen LogP contribution >= 0.6 is 0 Å². The van der Waals surface area contributed by atoms with Gasteiger partial charge in [-0.05, 0) is 47.4 Å². The second-order valence-electron chi connectivity index (χ2n) is 4.72. The fourth-order valence-corrected chi connectivity index (χ4v) is 2.15.